The van der Waals surface area contributed by atoms with E-state index in [9.17, 15) is 14.9 Å². The summed E-state index contributed by atoms with van der Waals surface area (Å²) in [4.78, 5) is 28.9. The third-order valence-corrected chi connectivity index (χ3v) is 2.66. The minimum Gasteiger partial charge on any atom is -0.464 e. The van der Waals surface area contributed by atoms with Crippen LogP contribution in [0.4, 0.5) is 5.69 Å². The van der Waals surface area contributed by atoms with Gasteiger partial charge in [0.15, 0.2) is 5.69 Å². The van der Waals surface area contributed by atoms with Crippen molar-refractivity contribution < 1.29 is 19.2 Å². The van der Waals surface area contributed by atoms with Crippen LogP contribution in [0.25, 0.3) is 0 Å². The maximum atomic E-state index is 11.2. The van der Waals surface area contributed by atoms with Crippen LogP contribution in [0.2, 0.25) is 5.02 Å². The first-order valence-electron chi connectivity index (χ1n) is 5.53. The van der Waals surface area contributed by atoms with Crippen molar-refractivity contribution in [2.24, 2.45) is 0 Å². The Balaban J connectivity index is 2.17. The van der Waals surface area contributed by atoms with E-state index in [0.29, 0.717) is 0 Å². The average Bonchev–Trinajstić information content (AvgIpc) is 2.47. The summed E-state index contributed by atoms with van der Waals surface area (Å²) in [6, 6.07) is 3.88. The topological polar surface area (TPSA) is 104 Å². The molecule has 0 saturated heterocycles. The van der Waals surface area contributed by atoms with E-state index in [1.54, 1.807) is 0 Å². The number of hydrogen-bond donors (Lipinski definition) is 0. The molecule has 0 bridgehead atoms. The van der Waals surface area contributed by atoms with E-state index in [-0.39, 0.29) is 28.0 Å². The van der Waals surface area contributed by atoms with Crippen LogP contribution in [-0.2, 0) is 4.74 Å². The zero-order chi connectivity index (χ0) is 15.4. The molecular weight excluding hydrogens is 302 g/mol. The monoisotopic (exact) mass is 309 g/mol. The van der Waals surface area contributed by atoms with Crippen LogP contribution < -0.4 is 4.74 Å². The number of carbonyl (C=O) groups is 1. The van der Waals surface area contributed by atoms with Crippen LogP contribution in [0.15, 0.2) is 30.6 Å². The van der Waals surface area contributed by atoms with Crippen LogP contribution in [0, 0.1) is 10.1 Å². The Labute approximate surface area is 123 Å². The Kier molecular flexibility index (Phi) is 4.29. The van der Waals surface area contributed by atoms with E-state index in [1.807, 2.05) is 0 Å². The highest BCUT2D eigenvalue weighted by Crippen LogP contribution is 2.30. The van der Waals surface area contributed by atoms with Gasteiger partial charge in [-0.25, -0.2) is 14.8 Å². The summed E-state index contributed by atoms with van der Waals surface area (Å²) in [5.74, 6) is -0.259. The Morgan fingerprint density at radius 3 is 2.62 bits per heavy atom. The van der Waals surface area contributed by atoms with E-state index in [2.05, 4.69) is 14.7 Å². The summed E-state index contributed by atoms with van der Waals surface area (Å²) < 4.78 is 9.81. The van der Waals surface area contributed by atoms with Crippen molar-refractivity contribution in [1.29, 1.82) is 0 Å². The fraction of sp³-hybridized carbons (Fsp3) is 0.0833. The third kappa shape index (κ3) is 3.42. The quantitative estimate of drug-likeness (QED) is 0.485. The van der Waals surface area contributed by atoms with Crippen molar-refractivity contribution in [3.05, 3.63) is 51.4 Å². The van der Waals surface area contributed by atoms with Gasteiger partial charge in [-0.3, -0.25) is 10.1 Å². The molecule has 2 rings (SSSR count). The molecule has 2 aromatic rings. The van der Waals surface area contributed by atoms with Crippen LogP contribution in [0.3, 0.4) is 0 Å². The Morgan fingerprint density at radius 1 is 1.33 bits per heavy atom. The van der Waals surface area contributed by atoms with Gasteiger partial charge in [0.05, 0.1) is 24.4 Å². The molecule has 0 saturated carbocycles. The Hall–Kier alpha value is -2.74. The number of aromatic nitrogens is 2. The first-order chi connectivity index (χ1) is 10.0. The summed E-state index contributed by atoms with van der Waals surface area (Å²) >= 11 is 5.76. The van der Waals surface area contributed by atoms with Gasteiger partial charge in [-0.1, -0.05) is 11.6 Å². The molecule has 0 unspecified atom stereocenters. The largest absolute Gasteiger partial charge is 0.464 e. The number of esters is 1. The fourth-order valence-corrected chi connectivity index (χ4v) is 1.64. The minimum absolute atomic E-state index is 0.0339. The summed E-state index contributed by atoms with van der Waals surface area (Å²) in [5.41, 5.74) is -0.192. The number of hydrogen-bond acceptors (Lipinski definition) is 7. The second kappa shape index (κ2) is 6.14. The molecule has 108 valence electrons. The van der Waals surface area contributed by atoms with Crippen molar-refractivity contribution >= 4 is 23.3 Å². The predicted molar refractivity (Wildman–Crippen MR) is 71.6 cm³/mol. The van der Waals surface area contributed by atoms with Crippen molar-refractivity contribution in [2.45, 2.75) is 0 Å². The molecule has 0 aliphatic carbocycles. The van der Waals surface area contributed by atoms with Crippen LogP contribution >= 0.6 is 11.6 Å². The number of benzene rings is 1. The van der Waals surface area contributed by atoms with Gasteiger partial charge in [0.1, 0.15) is 10.8 Å². The number of ether oxygens (including phenoxy) is 2. The molecule has 9 heteroatoms. The highest BCUT2D eigenvalue weighted by molar-refractivity contribution is 6.32. The SMILES string of the molecule is COC(=O)c1cnc(Oc2ccc([N+](=O)[O-])c(Cl)c2)cn1. The molecule has 0 amide bonds. The molecule has 0 N–H and O–H groups in total. The minimum atomic E-state index is -0.618. The average molecular weight is 310 g/mol. The number of rotatable bonds is 4. The molecule has 1 aromatic heterocycles. The van der Waals surface area contributed by atoms with Gasteiger partial charge in [-0.15, -0.1) is 0 Å². The molecule has 0 radical (unpaired) electrons. The van der Waals surface area contributed by atoms with Gasteiger partial charge >= 0.3 is 5.97 Å². The Bertz CT molecular complexity index is 690. The smallest absolute Gasteiger partial charge is 0.358 e. The number of nitro benzene ring substituents is 1. The van der Waals surface area contributed by atoms with Gasteiger partial charge in [-0.05, 0) is 6.07 Å². The molecule has 0 aliphatic rings. The zero-order valence-corrected chi connectivity index (χ0v) is 11.4. The van der Waals surface area contributed by atoms with E-state index in [1.165, 1.54) is 37.7 Å². The molecule has 0 aliphatic heterocycles. The second-order valence-corrected chi connectivity index (χ2v) is 4.11. The number of halogens is 1. The maximum Gasteiger partial charge on any atom is 0.358 e. The fourth-order valence-electron chi connectivity index (χ4n) is 1.40. The van der Waals surface area contributed by atoms with E-state index in [4.69, 9.17) is 16.3 Å². The third-order valence-electron chi connectivity index (χ3n) is 2.36. The molecular formula is C12H8ClN3O5. The van der Waals surface area contributed by atoms with Gasteiger partial charge < -0.3 is 9.47 Å². The van der Waals surface area contributed by atoms with Crippen molar-refractivity contribution in [3.63, 3.8) is 0 Å². The molecule has 1 aromatic carbocycles. The highest BCUT2D eigenvalue weighted by atomic mass is 35.5. The first kappa shape index (κ1) is 14.7. The van der Waals surface area contributed by atoms with Crippen LogP contribution in [0.1, 0.15) is 10.5 Å². The second-order valence-electron chi connectivity index (χ2n) is 3.70. The lowest BCUT2D eigenvalue weighted by Gasteiger charge is -2.05. The number of methoxy groups -OCH3 is 1. The lowest BCUT2D eigenvalue weighted by atomic mass is 10.3. The Morgan fingerprint density at radius 2 is 2.10 bits per heavy atom. The maximum absolute atomic E-state index is 11.2. The van der Waals surface area contributed by atoms with Gasteiger partial charge in [-0.2, -0.15) is 0 Å². The number of nitro groups is 1. The predicted octanol–water partition coefficient (Wildman–Crippen LogP) is 2.62. The molecule has 1 heterocycles. The summed E-state index contributed by atoms with van der Waals surface area (Å²) in [6.45, 7) is 0. The normalized spacial score (nSPS) is 10.0. The van der Waals surface area contributed by atoms with E-state index >= 15 is 0 Å². The molecule has 21 heavy (non-hydrogen) atoms. The highest BCUT2D eigenvalue weighted by Gasteiger charge is 2.13. The van der Waals surface area contributed by atoms with Gasteiger partial charge in [0.25, 0.3) is 5.69 Å². The molecule has 0 fully saturated rings. The van der Waals surface area contributed by atoms with E-state index in [0.717, 1.165) is 0 Å². The van der Waals surface area contributed by atoms with Crippen molar-refractivity contribution in [2.75, 3.05) is 7.11 Å². The molecule has 0 atom stereocenters. The summed E-state index contributed by atoms with van der Waals surface area (Å²) in [6.07, 6.45) is 2.41. The van der Waals surface area contributed by atoms with Gasteiger partial charge in [0.2, 0.25) is 5.88 Å². The molecule has 8 nitrogen and oxygen atoms in total. The lowest BCUT2D eigenvalue weighted by Crippen LogP contribution is -2.04. The van der Waals surface area contributed by atoms with E-state index < -0.39 is 10.9 Å². The summed E-state index contributed by atoms with van der Waals surface area (Å²) in [5, 5.41) is 10.6. The zero-order valence-electron chi connectivity index (χ0n) is 10.6. The number of carbonyl (C=O) groups excluding carboxylic acids is 1. The number of nitrogens with zero attached hydrogens (tertiary/aromatic N) is 3. The van der Waals surface area contributed by atoms with Crippen molar-refractivity contribution in [3.8, 4) is 11.6 Å². The summed E-state index contributed by atoms with van der Waals surface area (Å²) in [7, 11) is 1.23. The first-order valence-corrected chi connectivity index (χ1v) is 5.91. The van der Waals surface area contributed by atoms with Crippen molar-refractivity contribution in [1.82, 2.24) is 9.97 Å². The lowest BCUT2D eigenvalue weighted by molar-refractivity contribution is -0.384. The van der Waals surface area contributed by atoms with Crippen LogP contribution in [0.5, 0.6) is 11.6 Å². The standard InChI is InChI=1S/C12H8ClN3O5/c1-20-12(17)9-5-15-11(6-14-9)21-7-2-3-10(16(18)19)8(13)4-7/h2-6H,1H3. The molecule has 0 spiro atoms. The van der Waals surface area contributed by atoms with Crippen LogP contribution in [-0.4, -0.2) is 28.0 Å². The van der Waals surface area contributed by atoms with Gasteiger partial charge in [0, 0.05) is 12.1 Å².